The quantitative estimate of drug-likeness (QED) is 0.902. The molecular weight excluding hydrogens is 267 g/mol. The highest BCUT2D eigenvalue weighted by Gasteiger charge is 2.07. The molecule has 0 aliphatic carbocycles. The van der Waals surface area contributed by atoms with E-state index in [-0.39, 0.29) is 18.1 Å². The van der Waals surface area contributed by atoms with Gasteiger partial charge in [0, 0.05) is 25.0 Å². The van der Waals surface area contributed by atoms with E-state index in [0.717, 1.165) is 12.0 Å². The lowest BCUT2D eigenvalue weighted by Crippen LogP contribution is -2.27. The molecule has 0 spiro atoms. The Kier molecular flexibility index (Phi) is 4.78. The van der Waals surface area contributed by atoms with Gasteiger partial charge in [-0.2, -0.15) is 0 Å². The number of carbonyl (C=O) groups excluding carboxylic acids is 1. The van der Waals surface area contributed by atoms with E-state index < -0.39 is 0 Å². The number of nitrogens with one attached hydrogen (secondary N) is 1. The Bertz CT molecular complexity index is 629. The molecule has 2 aromatic rings. The molecule has 0 bridgehead atoms. The van der Waals surface area contributed by atoms with Gasteiger partial charge in [0.25, 0.3) is 0 Å². The summed E-state index contributed by atoms with van der Waals surface area (Å²) in [6, 6.07) is 8.18. The van der Waals surface area contributed by atoms with Gasteiger partial charge >= 0.3 is 0 Å². The van der Waals surface area contributed by atoms with Crippen LogP contribution in [0.2, 0.25) is 0 Å². The molecule has 1 amide bonds. The Morgan fingerprint density at radius 1 is 1.24 bits per heavy atom. The maximum absolute atomic E-state index is 12.8. The summed E-state index contributed by atoms with van der Waals surface area (Å²) in [5.41, 5.74) is 4.54. The first-order chi connectivity index (χ1) is 9.97. The summed E-state index contributed by atoms with van der Waals surface area (Å²) in [5, 5.41) is 2.91. The van der Waals surface area contributed by atoms with Crippen molar-refractivity contribution in [3.05, 3.63) is 58.7 Å². The van der Waals surface area contributed by atoms with Crippen LogP contribution in [0.15, 0.2) is 30.3 Å². The minimum atomic E-state index is -0.283. The molecule has 21 heavy (non-hydrogen) atoms. The van der Waals surface area contributed by atoms with Gasteiger partial charge in [0.1, 0.15) is 5.82 Å². The largest absolute Gasteiger partial charge is 0.355 e. The summed E-state index contributed by atoms with van der Waals surface area (Å²) in [4.78, 5) is 11.8. The molecule has 1 N–H and O–H groups in total. The number of aryl methyl sites for hydroxylation is 1. The van der Waals surface area contributed by atoms with Gasteiger partial charge in [-0.3, -0.25) is 4.79 Å². The average molecular weight is 288 g/mol. The Morgan fingerprint density at radius 3 is 2.48 bits per heavy atom. The van der Waals surface area contributed by atoms with Crippen LogP contribution < -0.4 is 5.32 Å². The van der Waals surface area contributed by atoms with Gasteiger partial charge in [-0.25, -0.2) is 4.39 Å². The number of rotatable bonds is 5. The van der Waals surface area contributed by atoms with Gasteiger partial charge in [-0.15, -0.1) is 0 Å². The van der Waals surface area contributed by atoms with Gasteiger partial charge in [-0.1, -0.05) is 12.1 Å². The highest BCUT2D eigenvalue weighted by molar-refractivity contribution is 5.78. The number of halogens is 1. The predicted octanol–water partition coefficient (Wildman–Crippen LogP) is 2.68. The fourth-order valence-corrected chi connectivity index (χ4v) is 2.37. The number of aromatic nitrogens is 1. The molecule has 112 valence electrons. The lowest BCUT2D eigenvalue weighted by Gasteiger charge is -2.06. The number of nitrogens with zero attached hydrogens (tertiary/aromatic N) is 1. The molecule has 2 rings (SSSR count). The van der Waals surface area contributed by atoms with Crippen LogP contribution in [0, 0.1) is 19.7 Å². The Morgan fingerprint density at radius 2 is 1.90 bits per heavy atom. The number of benzene rings is 1. The predicted molar refractivity (Wildman–Crippen MR) is 81.7 cm³/mol. The van der Waals surface area contributed by atoms with Gasteiger partial charge in [0.2, 0.25) is 5.91 Å². The van der Waals surface area contributed by atoms with Crippen molar-refractivity contribution in [3.63, 3.8) is 0 Å². The third-order valence-electron chi connectivity index (χ3n) is 3.87. The first-order valence-electron chi connectivity index (χ1n) is 7.10. The topological polar surface area (TPSA) is 34.0 Å². The smallest absolute Gasteiger partial charge is 0.224 e. The van der Waals surface area contributed by atoms with Crippen LogP contribution in [0.5, 0.6) is 0 Å². The molecular formula is C17H21FN2O. The fraction of sp³-hybridized carbons (Fsp3) is 0.353. The van der Waals surface area contributed by atoms with Gasteiger partial charge < -0.3 is 9.88 Å². The molecule has 0 aliphatic heterocycles. The summed E-state index contributed by atoms with van der Waals surface area (Å²) < 4.78 is 14.9. The molecule has 0 atom stereocenters. The molecule has 1 aromatic heterocycles. The van der Waals surface area contributed by atoms with E-state index >= 15 is 0 Å². The first-order valence-corrected chi connectivity index (χ1v) is 7.10. The van der Waals surface area contributed by atoms with E-state index in [0.29, 0.717) is 6.54 Å². The second-order valence-corrected chi connectivity index (χ2v) is 5.36. The lowest BCUT2D eigenvalue weighted by atomic mass is 10.1. The molecule has 1 heterocycles. The highest BCUT2D eigenvalue weighted by atomic mass is 19.1. The molecule has 0 fully saturated rings. The Balaban J connectivity index is 1.81. The van der Waals surface area contributed by atoms with Gasteiger partial charge in [0.05, 0.1) is 6.42 Å². The molecule has 0 unspecified atom stereocenters. The summed E-state index contributed by atoms with van der Waals surface area (Å²) in [6.45, 7) is 4.77. The number of carbonyl (C=O) groups is 1. The molecule has 0 saturated carbocycles. The number of hydrogen-bond donors (Lipinski definition) is 1. The van der Waals surface area contributed by atoms with Crippen molar-refractivity contribution in [2.75, 3.05) is 6.54 Å². The van der Waals surface area contributed by atoms with E-state index in [1.54, 1.807) is 12.1 Å². The van der Waals surface area contributed by atoms with Crippen molar-refractivity contribution < 1.29 is 9.18 Å². The third kappa shape index (κ3) is 3.94. The van der Waals surface area contributed by atoms with E-state index in [2.05, 4.69) is 29.8 Å². The Labute approximate surface area is 124 Å². The molecule has 0 radical (unpaired) electrons. The summed E-state index contributed by atoms with van der Waals surface area (Å²) in [6.07, 6.45) is 1.11. The summed E-state index contributed by atoms with van der Waals surface area (Å²) in [7, 11) is 2.04. The third-order valence-corrected chi connectivity index (χ3v) is 3.87. The van der Waals surface area contributed by atoms with Gasteiger partial charge in [-0.05, 0) is 49.6 Å². The van der Waals surface area contributed by atoms with Gasteiger partial charge in [0.15, 0.2) is 0 Å². The zero-order valence-corrected chi connectivity index (χ0v) is 12.7. The average Bonchev–Trinajstić information content (AvgIpc) is 2.69. The van der Waals surface area contributed by atoms with Crippen LogP contribution in [-0.2, 0) is 24.7 Å². The normalized spacial score (nSPS) is 10.7. The minimum absolute atomic E-state index is 0.0353. The number of hydrogen-bond acceptors (Lipinski definition) is 1. The Hall–Kier alpha value is -2.10. The van der Waals surface area contributed by atoms with Crippen molar-refractivity contribution in [1.29, 1.82) is 0 Å². The van der Waals surface area contributed by atoms with Crippen LogP contribution in [0.3, 0.4) is 0 Å². The highest BCUT2D eigenvalue weighted by Crippen LogP contribution is 2.13. The van der Waals surface area contributed by atoms with Crippen LogP contribution in [0.4, 0.5) is 4.39 Å². The minimum Gasteiger partial charge on any atom is -0.355 e. The van der Waals surface area contributed by atoms with E-state index in [9.17, 15) is 9.18 Å². The maximum atomic E-state index is 12.8. The van der Waals surface area contributed by atoms with Crippen LogP contribution in [0.25, 0.3) is 0 Å². The molecule has 0 saturated heterocycles. The maximum Gasteiger partial charge on any atom is 0.224 e. The van der Waals surface area contributed by atoms with E-state index in [1.807, 2.05) is 7.05 Å². The second-order valence-electron chi connectivity index (χ2n) is 5.36. The molecule has 0 aliphatic rings. The molecule has 1 aromatic carbocycles. The molecule has 3 nitrogen and oxygen atoms in total. The van der Waals surface area contributed by atoms with Crippen molar-refractivity contribution in [2.45, 2.75) is 26.7 Å². The van der Waals surface area contributed by atoms with Crippen LogP contribution in [-0.4, -0.2) is 17.0 Å². The zero-order valence-electron chi connectivity index (χ0n) is 12.7. The SMILES string of the molecule is Cc1cc(CCNC(=O)Cc2ccc(F)cc2)c(C)n1C. The summed E-state index contributed by atoms with van der Waals surface area (Å²) in [5.74, 6) is -0.319. The lowest BCUT2D eigenvalue weighted by molar-refractivity contribution is -0.120. The standard InChI is InChI=1S/C17H21FN2O/c1-12-10-15(13(2)20(12)3)8-9-19-17(21)11-14-4-6-16(18)7-5-14/h4-7,10H,8-9,11H2,1-3H3,(H,19,21). The summed E-state index contributed by atoms with van der Waals surface area (Å²) >= 11 is 0. The number of amides is 1. The fourth-order valence-electron chi connectivity index (χ4n) is 2.37. The van der Waals surface area contributed by atoms with E-state index in [4.69, 9.17) is 0 Å². The van der Waals surface area contributed by atoms with Crippen molar-refractivity contribution in [2.24, 2.45) is 7.05 Å². The van der Waals surface area contributed by atoms with Crippen LogP contribution >= 0.6 is 0 Å². The van der Waals surface area contributed by atoms with Crippen LogP contribution in [0.1, 0.15) is 22.5 Å². The molecule has 4 heteroatoms. The van der Waals surface area contributed by atoms with Crippen molar-refractivity contribution in [3.8, 4) is 0 Å². The van der Waals surface area contributed by atoms with Crippen molar-refractivity contribution in [1.82, 2.24) is 9.88 Å². The van der Waals surface area contributed by atoms with Crippen molar-refractivity contribution >= 4 is 5.91 Å². The van der Waals surface area contributed by atoms with E-state index in [1.165, 1.54) is 29.1 Å². The second kappa shape index (κ2) is 6.57. The zero-order chi connectivity index (χ0) is 15.4. The first kappa shape index (κ1) is 15.3. The monoisotopic (exact) mass is 288 g/mol.